The molecule has 0 saturated heterocycles. The van der Waals surface area contributed by atoms with Crippen molar-refractivity contribution >= 4 is 5.97 Å². The van der Waals surface area contributed by atoms with Crippen molar-refractivity contribution in [3.63, 3.8) is 0 Å². The van der Waals surface area contributed by atoms with Crippen molar-refractivity contribution in [2.75, 3.05) is 6.54 Å². The maximum atomic E-state index is 10.7. The smallest absolute Gasteiger partial charge is 0.304 e. The third-order valence-electron chi connectivity index (χ3n) is 2.79. The van der Waals surface area contributed by atoms with Crippen molar-refractivity contribution in [3.05, 3.63) is 34.9 Å². The molecule has 0 amide bonds. The summed E-state index contributed by atoms with van der Waals surface area (Å²) in [5.74, 6) is -0.881. The molecular formula is C12H17NO2. The SMILES string of the molecule is Cc1cccc(C(CN)CC(=O)O)c1C. The summed E-state index contributed by atoms with van der Waals surface area (Å²) in [5.41, 5.74) is 8.99. The van der Waals surface area contributed by atoms with Gasteiger partial charge in [0.25, 0.3) is 0 Å². The largest absolute Gasteiger partial charge is 0.481 e. The van der Waals surface area contributed by atoms with Gasteiger partial charge in [-0.2, -0.15) is 0 Å². The van der Waals surface area contributed by atoms with E-state index in [2.05, 4.69) is 0 Å². The van der Waals surface area contributed by atoms with Crippen molar-refractivity contribution in [2.24, 2.45) is 5.73 Å². The molecule has 0 fully saturated rings. The van der Waals surface area contributed by atoms with Gasteiger partial charge in [-0.1, -0.05) is 18.2 Å². The van der Waals surface area contributed by atoms with Crippen LogP contribution in [0.3, 0.4) is 0 Å². The number of nitrogens with two attached hydrogens (primary N) is 1. The Kier molecular flexibility index (Phi) is 3.86. The average molecular weight is 207 g/mol. The molecule has 3 heteroatoms. The summed E-state index contributed by atoms with van der Waals surface area (Å²) in [4.78, 5) is 10.7. The van der Waals surface area contributed by atoms with Gasteiger partial charge in [-0.3, -0.25) is 4.79 Å². The van der Waals surface area contributed by atoms with Gasteiger partial charge < -0.3 is 10.8 Å². The summed E-state index contributed by atoms with van der Waals surface area (Å²) in [7, 11) is 0. The first-order valence-electron chi connectivity index (χ1n) is 5.04. The number of carboxylic acid groups (broad SMARTS) is 1. The monoisotopic (exact) mass is 207 g/mol. The number of hydrogen-bond donors (Lipinski definition) is 2. The summed E-state index contributed by atoms with van der Waals surface area (Å²) in [6.45, 7) is 4.40. The number of benzene rings is 1. The van der Waals surface area contributed by atoms with Crippen LogP contribution in [0.25, 0.3) is 0 Å². The quantitative estimate of drug-likeness (QED) is 0.791. The van der Waals surface area contributed by atoms with Crippen LogP contribution in [0.5, 0.6) is 0 Å². The zero-order valence-electron chi connectivity index (χ0n) is 9.16. The molecular weight excluding hydrogens is 190 g/mol. The molecule has 0 spiro atoms. The minimum absolute atomic E-state index is 0.0811. The maximum Gasteiger partial charge on any atom is 0.304 e. The van der Waals surface area contributed by atoms with Gasteiger partial charge in [-0.25, -0.2) is 0 Å². The lowest BCUT2D eigenvalue weighted by Crippen LogP contribution is -2.17. The van der Waals surface area contributed by atoms with Gasteiger partial charge >= 0.3 is 5.97 Å². The van der Waals surface area contributed by atoms with Crippen LogP contribution in [0.2, 0.25) is 0 Å². The lowest BCUT2D eigenvalue weighted by atomic mass is 9.90. The molecule has 0 bridgehead atoms. The Labute approximate surface area is 89.9 Å². The number of rotatable bonds is 4. The van der Waals surface area contributed by atoms with Crippen molar-refractivity contribution < 1.29 is 9.90 Å². The fraction of sp³-hybridized carbons (Fsp3) is 0.417. The summed E-state index contributed by atoms with van der Waals surface area (Å²) in [6, 6.07) is 5.93. The summed E-state index contributed by atoms with van der Waals surface area (Å²) >= 11 is 0. The molecule has 1 unspecified atom stereocenters. The van der Waals surface area contributed by atoms with E-state index < -0.39 is 5.97 Å². The third kappa shape index (κ3) is 2.80. The van der Waals surface area contributed by atoms with E-state index in [-0.39, 0.29) is 12.3 Å². The molecule has 0 aliphatic heterocycles. The Bertz CT molecular complexity index is 361. The second kappa shape index (κ2) is 4.94. The second-order valence-corrected chi connectivity index (χ2v) is 3.82. The van der Waals surface area contributed by atoms with E-state index in [1.165, 1.54) is 5.56 Å². The minimum Gasteiger partial charge on any atom is -0.481 e. The van der Waals surface area contributed by atoms with Crippen LogP contribution >= 0.6 is 0 Å². The first-order valence-corrected chi connectivity index (χ1v) is 5.04. The highest BCUT2D eigenvalue weighted by Gasteiger charge is 2.16. The number of aryl methyl sites for hydroxylation is 1. The number of hydrogen-bond acceptors (Lipinski definition) is 2. The van der Waals surface area contributed by atoms with Crippen LogP contribution in [0.15, 0.2) is 18.2 Å². The van der Waals surface area contributed by atoms with E-state index in [9.17, 15) is 4.79 Å². The first-order chi connectivity index (χ1) is 7.06. The molecule has 82 valence electrons. The summed E-state index contributed by atoms with van der Waals surface area (Å²) in [5, 5.41) is 8.78. The highest BCUT2D eigenvalue weighted by atomic mass is 16.4. The van der Waals surface area contributed by atoms with E-state index in [0.29, 0.717) is 6.54 Å². The van der Waals surface area contributed by atoms with Crippen LogP contribution in [0.4, 0.5) is 0 Å². The van der Waals surface area contributed by atoms with E-state index >= 15 is 0 Å². The Hall–Kier alpha value is -1.35. The predicted molar refractivity (Wildman–Crippen MR) is 60.0 cm³/mol. The molecule has 0 aliphatic carbocycles. The van der Waals surface area contributed by atoms with Gasteiger partial charge in [0.2, 0.25) is 0 Å². The molecule has 0 aromatic heterocycles. The summed E-state index contributed by atoms with van der Waals surface area (Å²) < 4.78 is 0. The van der Waals surface area contributed by atoms with Gasteiger partial charge in [-0.15, -0.1) is 0 Å². The topological polar surface area (TPSA) is 63.3 Å². The Morgan fingerprint density at radius 2 is 2.13 bits per heavy atom. The van der Waals surface area contributed by atoms with Crippen LogP contribution < -0.4 is 5.73 Å². The second-order valence-electron chi connectivity index (χ2n) is 3.82. The highest BCUT2D eigenvalue weighted by molar-refractivity contribution is 5.68. The average Bonchev–Trinajstić information content (AvgIpc) is 2.19. The zero-order valence-corrected chi connectivity index (χ0v) is 9.16. The highest BCUT2D eigenvalue weighted by Crippen LogP contribution is 2.24. The van der Waals surface area contributed by atoms with Crippen molar-refractivity contribution in [3.8, 4) is 0 Å². The van der Waals surface area contributed by atoms with Crippen LogP contribution in [-0.2, 0) is 4.79 Å². The summed E-state index contributed by atoms with van der Waals surface area (Å²) in [6.07, 6.45) is 0.0980. The van der Waals surface area contributed by atoms with Gasteiger partial charge in [0.05, 0.1) is 6.42 Å². The Balaban J connectivity index is 3.01. The molecule has 1 aromatic rings. The Morgan fingerprint density at radius 1 is 1.47 bits per heavy atom. The van der Waals surface area contributed by atoms with Crippen molar-refractivity contribution in [2.45, 2.75) is 26.2 Å². The minimum atomic E-state index is -0.800. The van der Waals surface area contributed by atoms with Gasteiger partial charge in [0.15, 0.2) is 0 Å². The molecule has 0 aliphatic rings. The van der Waals surface area contributed by atoms with Crippen LogP contribution in [0, 0.1) is 13.8 Å². The van der Waals surface area contributed by atoms with Crippen molar-refractivity contribution in [1.82, 2.24) is 0 Å². The molecule has 3 N–H and O–H groups in total. The van der Waals surface area contributed by atoms with Crippen molar-refractivity contribution in [1.29, 1.82) is 0 Å². The van der Waals surface area contributed by atoms with E-state index in [1.807, 2.05) is 32.0 Å². The molecule has 3 nitrogen and oxygen atoms in total. The lowest BCUT2D eigenvalue weighted by Gasteiger charge is -2.16. The zero-order chi connectivity index (χ0) is 11.4. The fourth-order valence-corrected chi connectivity index (χ4v) is 1.75. The molecule has 1 aromatic carbocycles. The lowest BCUT2D eigenvalue weighted by molar-refractivity contribution is -0.137. The molecule has 1 rings (SSSR count). The van der Waals surface area contributed by atoms with E-state index in [1.54, 1.807) is 0 Å². The number of carboxylic acids is 1. The number of aliphatic carboxylic acids is 1. The van der Waals surface area contributed by atoms with Gasteiger partial charge in [0, 0.05) is 5.92 Å². The van der Waals surface area contributed by atoms with Gasteiger partial charge in [-0.05, 0) is 37.1 Å². The first kappa shape index (κ1) is 11.7. The normalized spacial score (nSPS) is 12.5. The van der Waals surface area contributed by atoms with Crippen LogP contribution in [-0.4, -0.2) is 17.6 Å². The molecule has 0 radical (unpaired) electrons. The third-order valence-corrected chi connectivity index (χ3v) is 2.79. The van der Waals surface area contributed by atoms with Crippen LogP contribution in [0.1, 0.15) is 29.0 Å². The fourth-order valence-electron chi connectivity index (χ4n) is 1.75. The number of carbonyl (C=O) groups is 1. The standard InChI is InChI=1S/C12H17NO2/c1-8-4-3-5-11(9(8)2)10(7-13)6-12(14)15/h3-5,10H,6-7,13H2,1-2H3,(H,14,15). The maximum absolute atomic E-state index is 10.7. The van der Waals surface area contributed by atoms with E-state index in [0.717, 1.165) is 11.1 Å². The van der Waals surface area contributed by atoms with Gasteiger partial charge in [0.1, 0.15) is 0 Å². The van der Waals surface area contributed by atoms with E-state index in [4.69, 9.17) is 10.8 Å². The molecule has 0 saturated carbocycles. The molecule has 15 heavy (non-hydrogen) atoms. The molecule has 1 atom stereocenters. The molecule has 0 heterocycles. The predicted octanol–water partition coefficient (Wildman–Crippen LogP) is 1.82. The Morgan fingerprint density at radius 3 is 2.67 bits per heavy atom.